The summed E-state index contributed by atoms with van der Waals surface area (Å²) >= 11 is 0. The van der Waals surface area contributed by atoms with Crippen molar-refractivity contribution < 1.29 is 9.53 Å². The molecule has 0 bridgehead atoms. The van der Waals surface area contributed by atoms with Crippen molar-refractivity contribution in [2.24, 2.45) is 0 Å². The van der Waals surface area contributed by atoms with Crippen LogP contribution < -0.4 is 0 Å². The summed E-state index contributed by atoms with van der Waals surface area (Å²) in [7, 11) is 0. The second-order valence-corrected chi connectivity index (χ2v) is 7.15. The molecule has 0 atom stereocenters. The molecule has 1 aromatic heterocycles. The third-order valence-corrected chi connectivity index (χ3v) is 3.96. The molecule has 5 heteroatoms. The Labute approximate surface area is 142 Å². The van der Waals surface area contributed by atoms with Crippen LogP contribution in [0.5, 0.6) is 0 Å². The van der Waals surface area contributed by atoms with E-state index in [0.717, 1.165) is 28.6 Å². The fourth-order valence-electron chi connectivity index (χ4n) is 2.80. The average molecular weight is 325 g/mol. The van der Waals surface area contributed by atoms with Crippen LogP contribution in [0.25, 0.3) is 16.5 Å². The molecule has 1 amide bonds. The number of hydrogen-bond donors (Lipinski definition) is 0. The molecule has 2 aromatic rings. The van der Waals surface area contributed by atoms with Crippen LogP contribution >= 0.6 is 0 Å². The highest BCUT2D eigenvalue weighted by atomic mass is 16.6. The maximum absolute atomic E-state index is 12.2. The second-order valence-electron chi connectivity index (χ2n) is 7.15. The Bertz CT molecular complexity index is 806. The molecule has 3 rings (SSSR count). The summed E-state index contributed by atoms with van der Waals surface area (Å²) in [6.07, 6.45) is 4.17. The molecule has 0 N–H and O–H groups in total. The maximum Gasteiger partial charge on any atom is 0.410 e. The van der Waals surface area contributed by atoms with E-state index in [2.05, 4.69) is 35.1 Å². The number of hydrogen-bond acceptors (Lipinski definition) is 4. The number of aryl methyl sites for hydroxylation is 1. The highest BCUT2D eigenvalue weighted by Crippen LogP contribution is 2.27. The summed E-state index contributed by atoms with van der Waals surface area (Å²) < 4.78 is 5.44. The van der Waals surface area contributed by atoms with Gasteiger partial charge in [-0.2, -0.15) is 0 Å². The predicted molar refractivity (Wildman–Crippen MR) is 94.7 cm³/mol. The molecule has 0 spiro atoms. The van der Waals surface area contributed by atoms with Crippen LogP contribution in [0.15, 0.2) is 30.6 Å². The lowest BCUT2D eigenvalue weighted by molar-refractivity contribution is 0.0270. The summed E-state index contributed by atoms with van der Waals surface area (Å²) in [5.41, 5.74) is 3.79. The minimum atomic E-state index is -0.471. The number of carbonyl (C=O) groups is 1. The summed E-state index contributed by atoms with van der Waals surface area (Å²) in [5, 5.41) is 1.06. The zero-order valence-electron chi connectivity index (χ0n) is 14.7. The van der Waals surface area contributed by atoms with E-state index in [1.54, 1.807) is 11.2 Å². The van der Waals surface area contributed by atoms with Crippen molar-refractivity contribution in [1.82, 2.24) is 14.9 Å². The van der Waals surface area contributed by atoms with Crippen molar-refractivity contribution in [2.75, 3.05) is 13.1 Å². The van der Waals surface area contributed by atoms with Crippen molar-refractivity contribution in [1.29, 1.82) is 0 Å². The lowest BCUT2D eigenvalue weighted by Crippen LogP contribution is -2.39. The number of nitrogens with zero attached hydrogens (tertiary/aromatic N) is 3. The number of carbonyl (C=O) groups excluding carboxylic acids is 1. The van der Waals surface area contributed by atoms with Gasteiger partial charge in [0.25, 0.3) is 0 Å². The van der Waals surface area contributed by atoms with Crippen LogP contribution in [0.3, 0.4) is 0 Å². The Morgan fingerprint density at radius 2 is 2.04 bits per heavy atom. The van der Waals surface area contributed by atoms with Gasteiger partial charge in [0.2, 0.25) is 0 Å². The number of fused-ring (bicyclic) bond motifs is 1. The van der Waals surface area contributed by atoms with Crippen LogP contribution in [-0.4, -0.2) is 39.7 Å². The molecule has 5 nitrogen and oxygen atoms in total. The molecule has 0 aliphatic carbocycles. The van der Waals surface area contributed by atoms with Gasteiger partial charge in [0, 0.05) is 18.5 Å². The van der Waals surface area contributed by atoms with Gasteiger partial charge in [0.05, 0.1) is 11.2 Å². The quantitative estimate of drug-likeness (QED) is 0.796. The third kappa shape index (κ3) is 3.55. The summed E-state index contributed by atoms with van der Waals surface area (Å²) in [4.78, 5) is 22.7. The zero-order valence-corrected chi connectivity index (χ0v) is 14.7. The van der Waals surface area contributed by atoms with E-state index in [9.17, 15) is 4.79 Å². The van der Waals surface area contributed by atoms with Gasteiger partial charge < -0.3 is 9.64 Å². The molecule has 1 aromatic carbocycles. The first-order valence-corrected chi connectivity index (χ1v) is 8.22. The molecule has 0 unspecified atom stereocenters. The molecular formula is C19H23N3O2. The van der Waals surface area contributed by atoms with Crippen LogP contribution in [0.4, 0.5) is 4.79 Å². The van der Waals surface area contributed by atoms with Crippen LogP contribution in [-0.2, 0) is 4.74 Å². The van der Waals surface area contributed by atoms with Crippen molar-refractivity contribution in [3.63, 3.8) is 0 Å². The molecule has 126 valence electrons. The van der Waals surface area contributed by atoms with Crippen molar-refractivity contribution in [3.8, 4) is 0 Å². The highest BCUT2D eigenvalue weighted by molar-refractivity contribution is 5.90. The Morgan fingerprint density at radius 1 is 1.25 bits per heavy atom. The average Bonchev–Trinajstić information content (AvgIpc) is 2.53. The lowest BCUT2D eigenvalue weighted by Gasteiger charge is -2.29. The summed E-state index contributed by atoms with van der Waals surface area (Å²) in [6.45, 7) is 8.89. The smallest absolute Gasteiger partial charge is 0.410 e. The molecule has 0 radical (unpaired) electrons. The van der Waals surface area contributed by atoms with Gasteiger partial charge >= 0.3 is 6.09 Å². The summed E-state index contributed by atoms with van der Waals surface area (Å²) in [6, 6.07) is 6.19. The van der Waals surface area contributed by atoms with Gasteiger partial charge in [-0.1, -0.05) is 17.7 Å². The summed E-state index contributed by atoms with van der Waals surface area (Å²) in [5.74, 6) is 0. The predicted octanol–water partition coefficient (Wildman–Crippen LogP) is 3.96. The number of ether oxygens (including phenoxy) is 1. The van der Waals surface area contributed by atoms with Crippen LogP contribution in [0, 0.1) is 6.92 Å². The van der Waals surface area contributed by atoms with E-state index < -0.39 is 5.60 Å². The minimum Gasteiger partial charge on any atom is -0.444 e. The fraction of sp³-hybridized carbons (Fsp3) is 0.421. The number of aromatic nitrogens is 2. The second kappa shape index (κ2) is 6.23. The highest BCUT2D eigenvalue weighted by Gasteiger charge is 2.24. The molecule has 0 saturated heterocycles. The largest absolute Gasteiger partial charge is 0.444 e. The number of amides is 1. The SMILES string of the molecule is Cc1ccc2ncnc(C3=CCN(C(=O)OC(C)(C)C)CC3)c2c1. The lowest BCUT2D eigenvalue weighted by atomic mass is 10.00. The van der Waals surface area contributed by atoms with E-state index in [1.807, 2.05) is 26.8 Å². The first-order chi connectivity index (χ1) is 11.3. The molecule has 0 saturated carbocycles. The van der Waals surface area contributed by atoms with E-state index >= 15 is 0 Å². The number of benzene rings is 1. The van der Waals surface area contributed by atoms with Crippen molar-refractivity contribution in [2.45, 2.75) is 39.7 Å². The Balaban J connectivity index is 1.83. The topological polar surface area (TPSA) is 55.3 Å². The molecule has 24 heavy (non-hydrogen) atoms. The maximum atomic E-state index is 12.2. The van der Waals surface area contributed by atoms with E-state index in [0.29, 0.717) is 13.1 Å². The van der Waals surface area contributed by atoms with E-state index in [-0.39, 0.29) is 6.09 Å². The van der Waals surface area contributed by atoms with Gasteiger partial charge in [-0.25, -0.2) is 14.8 Å². The first-order valence-electron chi connectivity index (χ1n) is 8.22. The zero-order chi connectivity index (χ0) is 17.3. The van der Waals surface area contributed by atoms with Gasteiger partial charge in [-0.15, -0.1) is 0 Å². The normalized spacial score (nSPS) is 15.3. The minimum absolute atomic E-state index is 0.263. The molecule has 0 fully saturated rings. The Kier molecular flexibility index (Phi) is 4.26. The molecule has 2 heterocycles. The van der Waals surface area contributed by atoms with E-state index in [1.165, 1.54) is 5.56 Å². The van der Waals surface area contributed by atoms with Gasteiger partial charge in [0.1, 0.15) is 11.9 Å². The Morgan fingerprint density at radius 3 is 2.71 bits per heavy atom. The molecule has 1 aliphatic heterocycles. The fourth-order valence-corrected chi connectivity index (χ4v) is 2.80. The van der Waals surface area contributed by atoms with Crippen molar-refractivity contribution in [3.05, 3.63) is 41.9 Å². The van der Waals surface area contributed by atoms with Gasteiger partial charge in [-0.05, 0) is 51.8 Å². The van der Waals surface area contributed by atoms with E-state index in [4.69, 9.17) is 4.74 Å². The Hall–Kier alpha value is -2.43. The monoisotopic (exact) mass is 325 g/mol. The van der Waals surface area contributed by atoms with Crippen LogP contribution in [0.1, 0.15) is 38.4 Å². The van der Waals surface area contributed by atoms with Gasteiger partial charge in [0.15, 0.2) is 0 Å². The van der Waals surface area contributed by atoms with Crippen LogP contribution in [0.2, 0.25) is 0 Å². The van der Waals surface area contributed by atoms with Crippen molar-refractivity contribution >= 4 is 22.6 Å². The van der Waals surface area contributed by atoms with Gasteiger partial charge in [-0.3, -0.25) is 0 Å². The molecule has 1 aliphatic rings. The first kappa shape index (κ1) is 16.4. The standard InChI is InChI=1S/C19H23N3O2/c1-13-5-6-16-15(11-13)17(21-12-20-16)14-7-9-22(10-8-14)18(23)24-19(2,3)4/h5-7,11-12H,8-10H2,1-4H3. The molecular weight excluding hydrogens is 302 g/mol. The third-order valence-electron chi connectivity index (χ3n) is 3.96. The number of rotatable bonds is 1.